The maximum absolute atomic E-state index is 12.8. The van der Waals surface area contributed by atoms with Gasteiger partial charge in [0.15, 0.2) is 0 Å². The highest BCUT2D eigenvalue weighted by atomic mass is 31.2. The summed E-state index contributed by atoms with van der Waals surface area (Å²) in [7, 11) is -0.809. The van der Waals surface area contributed by atoms with Gasteiger partial charge in [-0.15, -0.1) is 0 Å². The number of carbonyl (C=O) groups is 2. The molecule has 5 nitrogen and oxygen atoms in total. The molecule has 0 spiro atoms. The molecular formula is C31H31NO4P+. The van der Waals surface area contributed by atoms with Crippen molar-refractivity contribution < 1.29 is 19.1 Å². The van der Waals surface area contributed by atoms with Crippen molar-refractivity contribution in [1.82, 2.24) is 5.32 Å². The van der Waals surface area contributed by atoms with Crippen molar-refractivity contribution in [3.8, 4) is 0 Å². The Morgan fingerprint density at radius 1 is 0.703 bits per heavy atom. The SMILES string of the molecule is COC(=O)C(Cc1ccccc1)NC(=O)OCC[P+](c1ccccc1)(c1ccccc1)c1ccccc1. The summed E-state index contributed by atoms with van der Waals surface area (Å²) in [4.78, 5) is 25.2. The second-order valence-electron chi connectivity index (χ2n) is 8.59. The fourth-order valence-electron chi connectivity index (χ4n) is 4.53. The summed E-state index contributed by atoms with van der Waals surface area (Å²) in [5.74, 6) is -0.513. The second kappa shape index (κ2) is 12.8. The van der Waals surface area contributed by atoms with Gasteiger partial charge in [0, 0.05) is 6.42 Å². The Morgan fingerprint density at radius 3 is 1.57 bits per heavy atom. The number of nitrogens with one attached hydrogen (secondary N) is 1. The van der Waals surface area contributed by atoms with E-state index in [-0.39, 0.29) is 6.61 Å². The molecule has 188 valence electrons. The van der Waals surface area contributed by atoms with Gasteiger partial charge >= 0.3 is 12.1 Å². The van der Waals surface area contributed by atoms with Crippen molar-refractivity contribution in [3.05, 3.63) is 127 Å². The minimum Gasteiger partial charge on any atom is -0.467 e. The van der Waals surface area contributed by atoms with Gasteiger partial charge in [0.1, 0.15) is 42.0 Å². The summed E-state index contributed by atoms with van der Waals surface area (Å²) in [5, 5.41) is 6.35. The van der Waals surface area contributed by atoms with E-state index in [9.17, 15) is 9.59 Å². The number of ether oxygens (including phenoxy) is 2. The molecule has 0 aliphatic heterocycles. The van der Waals surface area contributed by atoms with Crippen LogP contribution in [0.5, 0.6) is 0 Å². The van der Waals surface area contributed by atoms with Crippen LogP contribution in [0.2, 0.25) is 0 Å². The molecule has 4 rings (SSSR count). The summed E-state index contributed by atoms with van der Waals surface area (Å²) in [5.41, 5.74) is 0.917. The highest BCUT2D eigenvalue weighted by Gasteiger charge is 2.45. The predicted octanol–water partition coefficient (Wildman–Crippen LogP) is 4.49. The fourth-order valence-corrected chi connectivity index (χ4v) is 8.60. The molecule has 0 bridgehead atoms. The van der Waals surface area contributed by atoms with E-state index in [1.807, 2.05) is 84.9 Å². The number of amides is 1. The Hall–Kier alpha value is -3.95. The zero-order valence-electron chi connectivity index (χ0n) is 20.8. The van der Waals surface area contributed by atoms with Crippen molar-refractivity contribution in [2.24, 2.45) is 0 Å². The first-order valence-corrected chi connectivity index (χ1v) is 14.2. The van der Waals surface area contributed by atoms with Gasteiger partial charge in [-0.1, -0.05) is 84.9 Å². The second-order valence-corrected chi connectivity index (χ2v) is 12.2. The Balaban J connectivity index is 1.56. The average Bonchev–Trinajstić information content (AvgIpc) is 2.96. The van der Waals surface area contributed by atoms with Gasteiger partial charge in [-0.05, 0) is 42.0 Å². The number of benzene rings is 4. The molecule has 1 atom stereocenters. The summed E-state index contributed by atoms with van der Waals surface area (Å²) in [6.45, 7) is 0.192. The molecule has 4 aromatic rings. The van der Waals surface area contributed by atoms with Crippen molar-refractivity contribution in [3.63, 3.8) is 0 Å². The normalized spacial score (nSPS) is 11.8. The van der Waals surface area contributed by atoms with Gasteiger partial charge in [-0.3, -0.25) is 0 Å². The van der Waals surface area contributed by atoms with Gasteiger partial charge in [-0.2, -0.15) is 0 Å². The van der Waals surface area contributed by atoms with Crippen molar-refractivity contribution >= 4 is 35.2 Å². The lowest BCUT2D eigenvalue weighted by molar-refractivity contribution is -0.142. The molecule has 0 saturated heterocycles. The molecule has 1 amide bonds. The van der Waals surface area contributed by atoms with Crippen LogP contribution in [0.4, 0.5) is 4.79 Å². The summed E-state index contributed by atoms with van der Waals surface area (Å²) in [6, 6.07) is 39.9. The first-order chi connectivity index (χ1) is 18.1. The monoisotopic (exact) mass is 512 g/mol. The molecule has 37 heavy (non-hydrogen) atoms. The van der Waals surface area contributed by atoms with E-state index in [0.717, 1.165) is 5.56 Å². The molecular weight excluding hydrogens is 481 g/mol. The largest absolute Gasteiger partial charge is 0.467 e. The van der Waals surface area contributed by atoms with E-state index >= 15 is 0 Å². The van der Waals surface area contributed by atoms with Crippen LogP contribution in [0.3, 0.4) is 0 Å². The summed E-state index contributed by atoms with van der Waals surface area (Å²) >= 11 is 0. The molecule has 0 aliphatic rings. The molecule has 1 N–H and O–H groups in total. The number of esters is 1. The number of hydrogen-bond acceptors (Lipinski definition) is 4. The third-order valence-electron chi connectivity index (χ3n) is 6.31. The third kappa shape index (κ3) is 6.44. The first-order valence-electron chi connectivity index (χ1n) is 12.2. The van der Waals surface area contributed by atoms with Crippen LogP contribution in [0, 0.1) is 0 Å². The van der Waals surface area contributed by atoms with Crippen LogP contribution in [0.25, 0.3) is 0 Å². The van der Waals surface area contributed by atoms with E-state index in [1.165, 1.54) is 23.0 Å². The maximum atomic E-state index is 12.8. The molecule has 0 heterocycles. The quantitative estimate of drug-likeness (QED) is 0.251. The van der Waals surface area contributed by atoms with Crippen molar-refractivity contribution in [2.75, 3.05) is 19.9 Å². The van der Waals surface area contributed by atoms with Crippen molar-refractivity contribution in [2.45, 2.75) is 12.5 Å². The molecule has 0 fully saturated rings. The molecule has 1 unspecified atom stereocenters. The lowest BCUT2D eigenvalue weighted by atomic mass is 10.1. The van der Waals surface area contributed by atoms with Crippen LogP contribution >= 0.6 is 7.26 Å². The van der Waals surface area contributed by atoms with Gasteiger partial charge in [0.25, 0.3) is 0 Å². The lowest BCUT2D eigenvalue weighted by Gasteiger charge is -2.27. The summed E-state index contributed by atoms with van der Waals surface area (Å²) in [6.07, 6.45) is 0.302. The Kier molecular flexibility index (Phi) is 9.07. The standard InChI is InChI=1S/C31H30NO4P/c1-35-30(33)29(24-25-14-6-2-7-15-25)32-31(34)36-22-23-37(26-16-8-3-9-17-26,27-18-10-4-11-19-27)28-20-12-5-13-21-28/h2-21,29H,22-24H2,1H3/p+1. The van der Waals surface area contributed by atoms with Crippen molar-refractivity contribution in [1.29, 1.82) is 0 Å². The minimum atomic E-state index is -2.12. The van der Waals surface area contributed by atoms with Crippen LogP contribution in [0.1, 0.15) is 5.56 Å². The van der Waals surface area contributed by atoms with Crippen LogP contribution in [0.15, 0.2) is 121 Å². The van der Waals surface area contributed by atoms with Crippen LogP contribution < -0.4 is 21.2 Å². The number of hydrogen-bond donors (Lipinski definition) is 1. The fraction of sp³-hybridized carbons (Fsp3) is 0.161. The van der Waals surface area contributed by atoms with E-state index < -0.39 is 25.4 Å². The van der Waals surface area contributed by atoms with Gasteiger partial charge in [0.2, 0.25) is 0 Å². The molecule has 0 radical (unpaired) electrons. The Bertz CT molecular complexity index is 1170. The Labute approximate surface area is 218 Å². The predicted molar refractivity (Wildman–Crippen MR) is 150 cm³/mol. The highest BCUT2D eigenvalue weighted by molar-refractivity contribution is 7.95. The third-order valence-corrected chi connectivity index (χ3v) is 10.7. The number of alkyl carbamates (subject to hydrolysis) is 1. The van der Waals surface area contributed by atoms with E-state index in [4.69, 9.17) is 9.47 Å². The number of rotatable bonds is 10. The number of carbonyl (C=O) groups excluding carboxylic acids is 2. The lowest BCUT2D eigenvalue weighted by Crippen LogP contribution is -2.44. The highest BCUT2D eigenvalue weighted by Crippen LogP contribution is 2.54. The van der Waals surface area contributed by atoms with Crippen LogP contribution in [-0.2, 0) is 20.7 Å². The van der Waals surface area contributed by atoms with Gasteiger partial charge in [-0.25, -0.2) is 9.59 Å². The molecule has 4 aromatic carbocycles. The van der Waals surface area contributed by atoms with E-state index in [2.05, 4.69) is 41.7 Å². The smallest absolute Gasteiger partial charge is 0.407 e. The zero-order valence-corrected chi connectivity index (χ0v) is 21.7. The van der Waals surface area contributed by atoms with E-state index in [0.29, 0.717) is 12.6 Å². The van der Waals surface area contributed by atoms with Crippen LogP contribution in [-0.4, -0.2) is 38.0 Å². The first kappa shape index (κ1) is 26.1. The van der Waals surface area contributed by atoms with Gasteiger partial charge in [0.05, 0.1) is 7.11 Å². The molecule has 6 heteroatoms. The minimum absolute atomic E-state index is 0.192. The number of methoxy groups -OCH3 is 1. The molecule has 0 aromatic heterocycles. The maximum Gasteiger partial charge on any atom is 0.407 e. The van der Waals surface area contributed by atoms with Gasteiger partial charge < -0.3 is 14.8 Å². The zero-order chi connectivity index (χ0) is 25.9. The van der Waals surface area contributed by atoms with E-state index in [1.54, 1.807) is 0 Å². The molecule has 0 aliphatic carbocycles. The topological polar surface area (TPSA) is 64.6 Å². The summed E-state index contributed by atoms with van der Waals surface area (Å²) < 4.78 is 10.6. The molecule has 0 saturated carbocycles. The average molecular weight is 513 g/mol. The Morgan fingerprint density at radius 2 is 1.14 bits per heavy atom.